The molecule has 2 N–H and O–H groups in total. The Hall–Kier alpha value is -2.63. The Kier molecular flexibility index (Phi) is 3.37. The summed E-state index contributed by atoms with van der Waals surface area (Å²) in [7, 11) is 0. The van der Waals surface area contributed by atoms with E-state index in [1.807, 2.05) is 24.3 Å². The van der Waals surface area contributed by atoms with Gasteiger partial charge >= 0.3 is 0 Å². The molecule has 6 nitrogen and oxygen atoms in total. The highest BCUT2D eigenvalue weighted by molar-refractivity contribution is 6.06. The van der Waals surface area contributed by atoms with Crippen molar-refractivity contribution in [3.63, 3.8) is 0 Å². The van der Waals surface area contributed by atoms with Gasteiger partial charge in [-0.3, -0.25) is 9.59 Å². The molecule has 1 aliphatic rings. The van der Waals surface area contributed by atoms with Gasteiger partial charge in [0.1, 0.15) is 12.1 Å². The van der Waals surface area contributed by atoms with Gasteiger partial charge in [0.25, 0.3) is 5.56 Å². The summed E-state index contributed by atoms with van der Waals surface area (Å²) >= 11 is 0. The first-order valence-corrected chi connectivity index (χ1v) is 7.98. The highest BCUT2D eigenvalue weighted by atomic mass is 16.2. The van der Waals surface area contributed by atoms with E-state index in [-0.39, 0.29) is 24.1 Å². The van der Waals surface area contributed by atoms with Crippen molar-refractivity contribution in [2.75, 3.05) is 0 Å². The van der Waals surface area contributed by atoms with Crippen molar-refractivity contribution in [3.8, 4) is 0 Å². The molecule has 6 heteroatoms. The van der Waals surface area contributed by atoms with E-state index in [4.69, 9.17) is 0 Å². The first kappa shape index (κ1) is 14.0. The molecule has 0 radical (unpaired) electrons. The number of nitrogens with one attached hydrogen (secondary N) is 2. The quantitative estimate of drug-likeness (QED) is 0.776. The zero-order valence-corrected chi connectivity index (χ0v) is 12.7. The molecule has 1 amide bonds. The summed E-state index contributed by atoms with van der Waals surface area (Å²) in [4.78, 5) is 27.8. The molecule has 2 aromatic heterocycles. The number of para-hydroxylation sites is 1. The van der Waals surface area contributed by atoms with Crippen molar-refractivity contribution in [3.05, 3.63) is 40.8 Å². The van der Waals surface area contributed by atoms with Crippen LogP contribution in [0.15, 0.2) is 35.3 Å². The first-order valence-electron chi connectivity index (χ1n) is 7.98. The van der Waals surface area contributed by atoms with Gasteiger partial charge in [-0.1, -0.05) is 31.0 Å². The Bertz CT molecular complexity index is 935. The molecule has 1 saturated carbocycles. The Labute approximate surface area is 132 Å². The summed E-state index contributed by atoms with van der Waals surface area (Å²) in [6, 6.07) is 7.96. The van der Waals surface area contributed by atoms with Gasteiger partial charge in [0.2, 0.25) is 5.91 Å². The molecule has 0 atom stereocenters. The molecule has 1 aromatic carbocycles. The van der Waals surface area contributed by atoms with Crippen molar-refractivity contribution in [1.29, 1.82) is 0 Å². The first-order chi connectivity index (χ1) is 11.2. The third-order valence-corrected chi connectivity index (χ3v) is 4.53. The van der Waals surface area contributed by atoms with E-state index >= 15 is 0 Å². The Morgan fingerprint density at radius 1 is 1.26 bits per heavy atom. The van der Waals surface area contributed by atoms with E-state index in [0.29, 0.717) is 5.52 Å². The van der Waals surface area contributed by atoms with Crippen molar-refractivity contribution in [2.45, 2.75) is 38.3 Å². The van der Waals surface area contributed by atoms with Crippen LogP contribution in [-0.2, 0) is 11.3 Å². The van der Waals surface area contributed by atoms with E-state index in [1.165, 1.54) is 4.68 Å². The number of benzene rings is 1. The molecule has 2 heterocycles. The normalized spacial score (nSPS) is 15.5. The average Bonchev–Trinajstić information content (AvgIpc) is 3.17. The van der Waals surface area contributed by atoms with Crippen molar-refractivity contribution >= 4 is 27.7 Å². The molecule has 4 rings (SSSR count). The van der Waals surface area contributed by atoms with Crippen LogP contribution in [0.25, 0.3) is 21.8 Å². The molecule has 1 fully saturated rings. The second-order valence-corrected chi connectivity index (χ2v) is 6.12. The van der Waals surface area contributed by atoms with E-state index in [1.54, 1.807) is 6.20 Å². The van der Waals surface area contributed by atoms with Gasteiger partial charge < -0.3 is 10.3 Å². The molecular weight excluding hydrogens is 292 g/mol. The Morgan fingerprint density at radius 3 is 2.87 bits per heavy atom. The van der Waals surface area contributed by atoms with Crippen LogP contribution in [0.4, 0.5) is 0 Å². The van der Waals surface area contributed by atoms with Gasteiger partial charge in [0, 0.05) is 22.3 Å². The number of H-pyrrole nitrogens is 1. The van der Waals surface area contributed by atoms with E-state index in [0.717, 1.165) is 42.0 Å². The van der Waals surface area contributed by atoms with Crippen molar-refractivity contribution < 1.29 is 4.79 Å². The standard InChI is InChI=1S/C17H18N4O2/c22-15(19-11-5-1-2-6-11)10-21-17(23)16-13(9-18-21)12-7-3-4-8-14(12)20-16/h3-4,7-9,11,20H,1-2,5-6,10H2,(H,19,22). The minimum atomic E-state index is -0.264. The number of carbonyl (C=O) groups is 1. The lowest BCUT2D eigenvalue weighted by Crippen LogP contribution is -2.38. The van der Waals surface area contributed by atoms with Gasteiger partial charge in [-0.25, -0.2) is 4.68 Å². The number of fused-ring (bicyclic) bond motifs is 3. The fraction of sp³-hybridized carbons (Fsp3) is 0.353. The topological polar surface area (TPSA) is 79.8 Å². The van der Waals surface area contributed by atoms with Gasteiger partial charge in [-0.05, 0) is 18.9 Å². The molecule has 0 bridgehead atoms. The highest BCUT2D eigenvalue weighted by Gasteiger charge is 2.18. The second kappa shape index (κ2) is 5.53. The Balaban J connectivity index is 1.65. The maximum Gasteiger partial charge on any atom is 0.291 e. The predicted octanol–water partition coefficient (Wildman–Crippen LogP) is 1.94. The summed E-state index contributed by atoms with van der Waals surface area (Å²) in [5.74, 6) is -0.151. The van der Waals surface area contributed by atoms with Gasteiger partial charge in [0.15, 0.2) is 0 Å². The number of carbonyl (C=O) groups excluding carboxylic acids is 1. The average molecular weight is 310 g/mol. The number of aromatic nitrogens is 3. The molecule has 3 aromatic rings. The minimum absolute atomic E-state index is 0.0410. The fourth-order valence-electron chi connectivity index (χ4n) is 3.37. The fourth-order valence-corrected chi connectivity index (χ4v) is 3.37. The second-order valence-electron chi connectivity index (χ2n) is 6.12. The number of amides is 1. The molecule has 118 valence electrons. The van der Waals surface area contributed by atoms with Crippen LogP contribution in [0, 0.1) is 0 Å². The van der Waals surface area contributed by atoms with Gasteiger partial charge in [0.05, 0.1) is 6.20 Å². The van der Waals surface area contributed by atoms with Crippen LogP contribution in [0.2, 0.25) is 0 Å². The lowest BCUT2D eigenvalue weighted by atomic mass is 10.2. The number of hydrogen-bond donors (Lipinski definition) is 2. The minimum Gasteiger partial charge on any atom is -0.352 e. The SMILES string of the molecule is O=C(Cn1ncc2c([nH]c3ccccc32)c1=O)NC1CCCC1. The van der Waals surface area contributed by atoms with E-state index < -0.39 is 0 Å². The van der Waals surface area contributed by atoms with Gasteiger partial charge in [-0.2, -0.15) is 5.10 Å². The lowest BCUT2D eigenvalue weighted by molar-refractivity contribution is -0.122. The smallest absolute Gasteiger partial charge is 0.291 e. The number of hydrogen-bond acceptors (Lipinski definition) is 3. The number of rotatable bonds is 3. The lowest BCUT2D eigenvalue weighted by Gasteiger charge is -2.12. The summed E-state index contributed by atoms with van der Waals surface area (Å²) in [5, 5.41) is 8.90. The van der Waals surface area contributed by atoms with Crippen LogP contribution in [0.1, 0.15) is 25.7 Å². The van der Waals surface area contributed by atoms with Crippen LogP contribution < -0.4 is 10.9 Å². The zero-order valence-electron chi connectivity index (χ0n) is 12.7. The van der Waals surface area contributed by atoms with E-state index in [9.17, 15) is 9.59 Å². The Morgan fingerprint density at radius 2 is 2.04 bits per heavy atom. The van der Waals surface area contributed by atoms with Crippen molar-refractivity contribution in [1.82, 2.24) is 20.1 Å². The summed E-state index contributed by atoms with van der Waals surface area (Å²) < 4.78 is 1.22. The molecule has 0 spiro atoms. The van der Waals surface area contributed by atoms with Gasteiger partial charge in [-0.15, -0.1) is 0 Å². The van der Waals surface area contributed by atoms with Crippen LogP contribution in [0.5, 0.6) is 0 Å². The molecule has 0 unspecified atom stereocenters. The third-order valence-electron chi connectivity index (χ3n) is 4.53. The molecule has 0 saturated heterocycles. The van der Waals surface area contributed by atoms with E-state index in [2.05, 4.69) is 15.4 Å². The van der Waals surface area contributed by atoms with Crippen LogP contribution >= 0.6 is 0 Å². The number of nitrogens with zero attached hydrogens (tertiary/aromatic N) is 2. The molecule has 0 aliphatic heterocycles. The highest BCUT2D eigenvalue weighted by Crippen LogP contribution is 2.21. The summed E-state index contributed by atoms with van der Waals surface area (Å²) in [6.45, 7) is -0.0410. The summed E-state index contributed by atoms with van der Waals surface area (Å²) in [5.41, 5.74) is 1.13. The maximum absolute atomic E-state index is 12.6. The zero-order chi connectivity index (χ0) is 15.8. The van der Waals surface area contributed by atoms with Crippen LogP contribution in [-0.4, -0.2) is 26.7 Å². The predicted molar refractivity (Wildman–Crippen MR) is 88.3 cm³/mol. The molecule has 23 heavy (non-hydrogen) atoms. The molecular formula is C17H18N4O2. The third kappa shape index (κ3) is 2.50. The maximum atomic E-state index is 12.6. The van der Waals surface area contributed by atoms with Crippen LogP contribution in [0.3, 0.4) is 0 Å². The van der Waals surface area contributed by atoms with Crippen molar-refractivity contribution in [2.24, 2.45) is 0 Å². The number of aromatic amines is 1. The largest absolute Gasteiger partial charge is 0.352 e. The monoisotopic (exact) mass is 310 g/mol. The molecule has 1 aliphatic carbocycles. The summed E-state index contributed by atoms with van der Waals surface area (Å²) in [6.07, 6.45) is 6.01.